The SMILES string of the molecule is CC(C)c1ccc2c3c(cccc13)-c1ccc(C(C)(C)C)cc1O2. The standard InChI is InChI=1S/C23H24O/c1-14(2)16-11-12-20-22-18(16)7-6-8-19(22)17-10-9-15(23(3,4)5)13-21(17)24-20/h6-14H,1-5H3. The Morgan fingerprint density at radius 1 is 0.833 bits per heavy atom. The maximum absolute atomic E-state index is 6.32. The van der Waals surface area contributed by atoms with Crippen molar-refractivity contribution in [1.82, 2.24) is 0 Å². The average molecular weight is 316 g/mol. The van der Waals surface area contributed by atoms with Gasteiger partial charge in [0.25, 0.3) is 0 Å². The topological polar surface area (TPSA) is 9.23 Å². The molecule has 0 bridgehead atoms. The molecule has 4 rings (SSSR count). The summed E-state index contributed by atoms with van der Waals surface area (Å²) < 4.78 is 6.32. The van der Waals surface area contributed by atoms with Crippen LogP contribution in [0.2, 0.25) is 0 Å². The van der Waals surface area contributed by atoms with E-state index in [4.69, 9.17) is 4.74 Å². The molecular formula is C23H24O. The molecule has 0 N–H and O–H groups in total. The molecule has 24 heavy (non-hydrogen) atoms. The van der Waals surface area contributed by atoms with Crippen molar-refractivity contribution in [3.63, 3.8) is 0 Å². The van der Waals surface area contributed by atoms with Crippen molar-refractivity contribution >= 4 is 10.8 Å². The van der Waals surface area contributed by atoms with Gasteiger partial charge in [-0.3, -0.25) is 0 Å². The Kier molecular flexibility index (Phi) is 3.25. The Morgan fingerprint density at radius 3 is 2.33 bits per heavy atom. The molecule has 0 saturated heterocycles. The summed E-state index contributed by atoms with van der Waals surface area (Å²) >= 11 is 0. The number of benzene rings is 3. The number of ether oxygens (including phenoxy) is 1. The summed E-state index contributed by atoms with van der Waals surface area (Å²) in [7, 11) is 0. The van der Waals surface area contributed by atoms with Crippen LogP contribution in [-0.2, 0) is 5.41 Å². The van der Waals surface area contributed by atoms with Gasteiger partial charge in [-0.15, -0.1) is 0 Å². The molecule has 3 aromatic rings. The van der Waals surface area contributed by atoms with E-state index in [2.05, 4.69) is 83.1 Å². The second-order valence-electron chi connectivity index (χ2n) is 8.10. The molecule has 0 aromatic heterocycles. The van der Waals surface area contributed by atoms with Crippen LogP contribution in [0.4, 0.5) is 0 Å². The van der Waals surface area contributed by atoms with Gasteiger partial charge in [-0.2, -0.15) is 0 Å². The molecule has 0 fully saturated rings. The molecule has 1 nitrogen and oxygen atoms in total. The van der Waals surface area contributed by atoms with Gasteiger partial charge in [-0.1, -0.05) is 71.0 Å². The quantitative estimate of drug-likeness (QED) is 0.366. The Balaban J connectivity index is 2.00. The Bertz CT molecular complexity index is 942. The number of hydrogen-bond donors (Lipinski definition) is 0. The molecule has 0 aliphatic carbocycles. The third-order valence-electron chi connectivity index (χ3n) is 5.02. The summed E-state index contributed by atoms with van der Waals surface area (Å²) in [6, 6.07) is 17.6. The molecule has 0 amide bonds. The molecule has 1 aliphatic heterocycles. The normalized spacial score (nSPS) is 13.1. The van der Waals surface area contributed by atoms with Gasteiger partial charge >= 0.3 is 0 Å². The van der Waals surface area contributed by atoms with Gasteiger partial charge in [0.05, 0.1) is 0 Å². The Hall–Kier alpha value is -2.28. The van der Waals surface area contributed by atoms with Crippen molar-refractivity contribution in [3.8, 4) is 22.6 Å². The third kappa shape index (κ3) is 2.23. The van der Waals surface area contributed by atoms with Crippen LogP contribution in [0.3, 0.4) is 0 Å². The van der Waals surface area contributed by atoms with Gasteiger partial charge in [0.2, 0.25) is 0 Å². The average Bonchev–Trinajstić information content (AvgIpc) is 2.53. The van der Waals surface area contributed by atoms with Crippen LogP contribution in [0.15, 0.2) is 48.5 Å². The molecular weight excluding hydrogens is 292 g/mol. The first-order chi connectivity index (χ1) is 11.4. The van der Waals surface area contributed by atoms with Crippen molar-refractivity contribution in [1.29, 1.82) is 0 Å². The predicted molar refractivity (Wildman–Crippen MR) is 102 cm³/mol. The lowest BCUT2D eigenvalue weighted by Crippen LogP contribution is -2.11. The lowest BCUT2D eigenvalue weighted by atomic mass is 9.84. The van der Waals surface area contributed by atoms with Crippen LogP contribution in [-0.4, -0.2) is 0 Å². The third-order valence-corrected chi connectivity index (χ3v) is 5.02. The lowest BCUT2D eigenvalue weighted by molar-refractivity contribution is 0.482. The number of hydrogen-bond acceptors (Lipinski definition) is 1. The van der Waals surface area contributed by atoms with Crippen molar-refractivity contribution < 1.29 is 4.74 Å². The number of rotatable bonds is 1. The van der Waals surface area contributed by atoms with Crippen molar-refractivity contribution in [2.75, 3.05) is 0 Å². The minimum atomic E-state index is 0.117. The zero-order valence-corrected chi connectivity index (χ0v) is 15.1. The van der Waals surface area contributed by atoms with Crippen molar-refractivity contribution in [2.45, 2.75) is 46.0 Å². The molecule has 1 heterocycles. The second-order valence-corrected chi connectivity index (χ2v) is 8.10. The van der Waals surface area contributed by atoms with Crippen LogP contribution in [0.1, 0.15) is 51.7 Å². The first-order valence-electron chi connectivity index (χ1n) is 8.74. The molecule has 1 aliphatic rings. The maximum Gasteiger partial charge on any atom is 0.135 e. The fraction of sp³-hybridized carbons (Fsp3) is 0.304. The van der Waals surface area contributed by atoms with Crippen LogP contribution < -0.4 is 4.74 Å². The summed E-state index contributed by atoms with van der Waals surface area (Å²) in [5.41, 5.74) is 5.28. The first-order valence-corrected chi connectivity index (χ1v) is 8.74. The highest BCUT2D eigenvalue weighted by Gasteiger charge is 2.23. The highest BCUT2D eigenvalue weighted by atomic mass is 16.5. The van der Waals surface area contributed by atoms with Crippen LogP contribution in [0.5, 0.6) is 11.5 Å². The lowest BCUT2D eigenvalue weighted by Gasteiger charge is -2.26. The molecule has 0 atom stereocenters. The van der Waals surface area contributed by atoms with E-state index in [0.717, 1.165) is 11.5 Å². The van der Waals surface area contributed by atoms with Gasteiger partial charge < -0.3 is 4.74 Å². The van der Waals surface area contributed by atoms with Crippen LogP contribution in [0, 0.1) is 0 Å². The van der Waals surface area contributed by atoms with E-state index in [9.17, 15) is 0 Å². The van der Waals surface area contributed by atoms with Crippen molar-refractivity contribution in [3.05, 3.63) is 59.7 Å². The second kappa shape index (κ2) is 5.11. The van der Waals surface area contributed by atoms with E-state index in [1.165, 1.54) is 33.0 Å². The van der Waals surface area contributed by atoms with Gasteiger partial charge in [-0.05, 0) is 45.5 Å². The molecule has 0 saturated carbocycles. The molecule has 3 aromatic carbocycles. The largest absolute Gasteiger partial charge is 0.456 e. The zero-order valence-electron chi connectivity index (χ0n) is 15.1. The Morgan fingerprint density at radius 2 is 1.62 bits per heavy atom. The fourth-order valence-electron chi connectivity index (χ4n) is 3.62. The highest BCUT2D eigenvalue weighted by molar-refractivity contribution is 6.05. The van der Waals surface area contributed by atoms with E-state index in [0.29, 0.717) is 5.92 Å². The zero-order chi connectivity index (χ0) is 17.1. The molecule has 0 radical (unpaired) electrons. The molecule has 0 unspecified atom stereocenters. The molecule has 122 valence electrons. The smallest absolute Gasteiger partial charge is 0.135 e. The number of fused-ring (bicyclic) bond motifs is 2. The summed E-state index contributed by atoms with van der Waals surface area (Å²) in [6.45, 7) is 11.2. The van der Waals surface area contributed by atoms with Crippen LogP contribution in [0.25, 0.3) is 21.9 Å². The minimum Gasteiger partial charge on any atom is -0.456 e. The van der Waals surface area contributed by atoms with E-state index < -0.39 is 0 Å². The molecule has 0 spiro atoms. The van der Waals surface area contributed by atoms with Gasteiger partial charge in [0.1, 0.15) is 11.5 Å². The van der Waals surface area contributed by atoms with Crippen LogP contribution >= 0.6 is 0 Å². The summed E-state index contributed by atoms with van der Waals surface area (Å²) in [6.07, 6.45) is 0. The Labute approximate surface area is 144 Å². The first kappa shape index (κ1) is 15.3. The fourth-order valence-corrected chi connectivity index (χ4v) is 3.62. The monoisotopic (exact) mass is 316 g/mol. The minimum absolute atomic E-state index is 0.117. The van der Waals surface area contributed by atoms with E-state index in [1.807, 2.05) is 0 Å². The highest BCUT2D eigenvalue weighted by Crippen LogP contribution is 2.48. The summed E-state index contributed by atoms with van der Waals surface area (Å²) in [4.78, 5) is 0. The van der Waals surface area contributed by atoms with E-state index in [-0.39, 0.29) is 5.41 Å². The van der Waals surface area contributed by atoms with Gasteiger partial charge in [-0.25, -0.2) is 0 Å². The van der Waals surface area contributed by atoms with Gasteiger partial charge in [0.15, 0.2) is 0 Å². The summed E-state index contributed by atoms with van der Waals surface area (Å²) in [5, 5.41) is 2.56. The van der Waals surface area contributed by atoms with E-state index in [1.54, 1.807) is 0 Å². The molecule has 1 heteroatoms. The van der Waals surface area contributed by atoms with Gasteiger partial charge in [0, 0.05) is 10.9 Å². The van der Waals surface area contributed by atoms with E-state index >= 15 is 0 Å². The predicted octanol–water partition coefficient (Wildman–Crippen LogP) is 7.03. The maximum atomic E-state index is 6.32. The summed E-state index contributed by atoms with van der Waals surface area (Å²) in [5.74, 6) is 2.45. The van der Waals surface area contributed by atoms with Crippen molar-refractivity contribution in [2.24, 2.45) is 0 Å².